The van der Waals surface area contributed by atoms with E-state index in [1.54, 1.807) is 0 Å². The van der Waals surface area contributed by atoms with Crippen molar-refractivity contribution in [2.45, 2.75) is 82.0 Å². The summed E-state index contributed by atoms with van der Waals surface area (Å²) in [5, 5.41) is 6.54. The fourth-order valence-corrected chi connectivity index (χ4v) is 6.34. The van der Waals surface area contributed by atoms with Crippen molar-refractivity contribution in [2.24, 2.45) is 5.73 Å². The third-order valence-corrected chi connectivity index (χ3v) is 8.28. The number of unbranched alkanes of at least 4 members (excludes halogenated alkanes) is 4. The van der Waals surface area contributed by atoms with Gasteiger partial charge in [0.15, 0.2) is 0 Å². The number of rotatable bonds is 25. The highest BCUT2D eigenvalue weighted by molar-refractivity contribution is 8.00. The summed E-state index contributed by atoms with van der Waals surface area (Å²) in [6.07, 6.45) is 8.30. The number of primary amides is 1. The Hall–Kier alpha value is -1.60. The number of amides is 4. The number of fused-ring (bicyclic) bond motifs is 1. The Balaban J connectivity index is 1.38. The van der Waals surface area contributed by atoms with Gasteiger partial charge in [0.05, 0.1) is 64.9 Å². The van der Waals surface area contributed by atoms with Crippen LogP contribution in [0.4, 0.5) is 4.79 Å². The van der Waals surface area contributed by atoms with Crippen LogP contribution in [-0.2, 0) is 28.5 Å². The molecule has 4 amide bonds. The molecule has 11 nitrogen and oxygen atoms in total. The summed E-state index contributed by atoms with van der Waals surface area (Å²) >= 11 is 1.97. The van der Waals surface area contributed by atoms with Crippen molar-refractivity contribution in [1.29, 1.82) is 0 Å². The molecule has 0 unspecified atom stereocenters. The second-order valence-electron chi connectivity index (χ2n) is 9.93. The van der Waals surface area contributed by atoms with Gasteiger partial charge in [0.25, 0.3) is 0 Å². The van der Waals surface area contributed by atoms with Gasteiger partial charge in [-0.3, -0.25) is 9.59 Å². The van der Waals surface area contributed by atoms with Crippen LogP contribution in [0.1, 0.15) is 64.7 Å². The van der Waals surface area contributed by atoms with Crippen LogP contribution in [0.2, 0.25) is 0 Å². The lowest BCUT2D eigenvalue weighted by Gasteiger charge is -2.27. The summed E-state index contributed by atoms with van der Waals surface area (Å²) in [6.45, 7) is 7.01. The summed E-state index contributed by atoms with van der Waals surface area (Å²) < 4.78 is 21.5. The minimum absolute atomic E-state index is 0.0535. The first kappa shape index (κ1) is 33.6. The first-order chi connectivity index (χ1) is 19.0. The van der Waals surface area contributed by atoms with E-state index in [9.17, 15) is 14.4 Å². The van der Waals surface area contributed by atoms with Crippen LogP contribution in [0, 0.1) is 0 Å². The molecule has 0 bridgehead atoms. The van der Waals surface area contributed by atoms with Crippen LogP contribution in [0.5, 0.6) is 0 Å². The van der Waals surface area contributed by atoms with Crippen LogP contribution >= 0.6 is 11.8 Å². The van der Waals surface area contributed by atoms with Gasteiger partial charge in [0.1, 0.15) is 0 Å². The summed E-state index contributed by atoms with van der Waals surface area (Å²) in [7, 11) is 0. The number of urea groups is 1. The number of ether oxygens (including phenoxy) is 4. The molecule has 0 aromatic rings. The highest BCUT2D eigenvalue weighted by Gasteiger charge is 2.47. The van der Waals surface area contributed by atoms with Crippen LogP contribution in [0.15, 0.2) is 0 Å². The van der Waals surface area contributed by atoms with E-state index >= 15 is 0 Å². The summed E-state index contributed by atoms with van der Waals surface area (Å²) in [4.78, 5) is 37.2. The lowest BCUT2D eigenvalue weighted by molar-refractivity contribution is -0.121. The average Bonchev–Trinajstić information content (AvgIpc) is 3.44. The zero-order chi connectivity index (χ0) is 28.1. The molecule has 3 atom stereocenters. The van der Waals surface area contributed by atoms with Gasteiger partial charge >= 0.3 is 6.03 Å². The number of carbonyl (C=O) groups is 3. The predicted molar refractivity (Wildman–Crippen MR) is 152 cm³/mol. The third-order valence-electron chi connectivity index (χ3n) is 6.79. The zero-order valence-electron chi connectivity index (χ0n) is 23.7. The molecule has 12 heteroatoms. The maximum atomic E-state index is 12.4. The van der Waals surface area contributed by atoms with Crippen molar-refractivity contribution in [3.8, 4) is 0 Å². The van der Waals surface area contributed by atoms with Gasteiger partial charge in [0.2, 0.25) is 11.8 Å². The van der Waals surface area contributed by atoms with Crippen molar-refractivity contribution in [3.63, 3.8) is 0 Å². The van der Waals surface area contributed by atoms with E-state index in [0.717, 1.165) is 38.0 Å². The molecule has 226 valence electrons. The lowest BCUT2D eigenvalue weighted by Crippen LogP contribution is -2.41. The molecule has 2 heterocycles. The number of carbonyl (C=O) groups excluding carboxylic acids is 3. The van der Waals surface area contributed by atoms with Crippen LogP contribution in [0.3, 0.4) is 0 Å². The molecule has 0 aromatic carbocycles. The van der Waals surface area contributed by atoms with Crippen molar-refractivity contribution in [2.75, 3.05) is 71.7 Å². The minimum atomic E-state index is -0.376. The molecule has 0 saturated carbocycles. The Labute approximate surface area is 237 Å². The van der Waals surface area contributed by atoms with E-state index in [-0.39, 0.29) is 30.3 Å². The molecule has 0 aromatic heterocycles. The molecule has 2 rings (SSSR count). The monoisotopic (exact) mass is 574 g/mol. The van der Waals surface area contributed by atoms with E-state index in [4.69, 9.17) is 24.7 Å². The fourth-order valence-electron chi connectivity index (χ4n) is 4.74. The van der Waals surface area contributed by atoms with Crippen LogP contribution < -0.4 is 16.4 Å². The molecule has 2 aliphatic rings. The summed E-state index contributed by atoms with van der Waals surface area (Å²) in [5.74, 6) is 0.666. The largest absolute Gasteiger partial charge is 0.379 e. The molecule has 0 spiro atoms. The van der Waals surface area contributed by atoms with Crippen LogP contribution in [0.25, 0.3) is 0 Å². The number of nitrogens with two attached hydrogens (primary N) is 1. The quantitative estimate of drug-likeness (QED) is 0.111. The fraction of sp³-hybridized carbons (Fsp3) is 0.889. The maximum absolute atomic E-state index is 12.4. The molecule has 4 N–H and O–H groups in total. The van der Waals surface area contributed by atoms with Gasteiger partial charge in [-0.25, -0.2) is 4.79 Å². The Morgan fingerprint density at radius 1 is 0.923 bits per heavy atom. The minimum Gasteiger partial charge on any atom is -0.379 e. The summed E-state index contributed by atoms with van der Waals surface area (Å²) in [5.41, 5.74) is 5.02. The normalized spacial score (nSPS) is 20.3. The van der Waals surface area contributed by atoms with Crippen molar-refractivity contribution in [3.05, 3.63) is 0 Å². The lowest BCUT2D eigenvalue weighted by atomic mass is 10.0. The Morgan fingerprint density at radius 2 is 1.59 bits per heavy atom. The molecule has 0 aliphatic carbocycles. The number of hydrogen-bond donors (Lipinski definition) is 3. The van der Waals surface area contributed by atoms with Crippen molar-refractivity contribution < 1.29 is 33.3 Å². The standard InChI is InChI=1S/C27H50N4O7S/c1-2-3-4-7-12-31-26-22(30-27(31)34)21-39-23(26)8-5-6-9-25(33)29-11-14-36-16-18-38-20-19-37-17-15-35-13-10-24(28)32/h22-23,26H,2-21H2,1H3,(H2,28,32)(H,29,33)(H,30,34)/t22-,23-,26-/m0/s1. The Bertz CT molecular complexity index is 703. The number of nitrogens with one attached hydrogen (secondary N) is 2. The maximum Gasteiger partial charge on any atom is 0.318 e. The van der Waals surface area contributed by atoms with Gasteiger partial charge < -0.3 is 40.2 Å². The molecule has 2 fully saturated rings. The molecular weight excluding hydrogens is 524 g/mol. The second kappa shape index (κ2) is 21.2. The van der Waals surface area contributed by atoms with Gasteiger partial charge in [-0.1, -0.05) is 32.6 Å². The van der Waals surface area contributed by atoms with Crippen molar-refractivity contribution >= 4 is 29.6 Å². The number of hydrogen-bond acceptors (Lipinski definition) is 8. The molecule has 0 radical (unpaired) electrons. The van der Waals surface area contributed by atoms with E-state index in [1.807, 2.05) is 11.8 Å². The molecule has 2 aliphatic heterocycles. The van der Waals surface area contributed by atoms with E-state index < -0.39 is 0 Å². The van der Waals surface area contributed by atoms with E-state index in [0.29, 0.717) is 77.1 Å². The SMILES string of the molecule is CCCCCCN1C(=O)N[C@H]2CS[C@@H](CCCCC(=O)NCCOCCOCCOCCOCCC(N)=O)[C@H]21. The molecule has 2 saturated heterocycles. The highest BCUT2D eigenvalue weighted by atomic mass is 32.2. The van der Waals surface area contributed by atoms with E-state index in [1.165, 1.54) is 19.3 Å². The topological polar surface area (TPSA) is 141 Å². The first-order valence-electron chi connectivity index (χ1n) is 14.6. The van der Waals surface area contributed by atoms with Gasteiger partial charge in [-0.2, -0.15) is 11.8 Å². The summed E-state index contributed by atoms with van der Waals surface area (Å²) in [6, 6.07) is 0.671. The Kier molecular flexibility index (Phi) is 18.3. The second-order valence-corrected chi connectivity index (χ2v) is 11.2. The smallest absolute Gasteiger partial charge is 0.318 e. The molecular formula is C27H50N4O7S. The predicted octanol–water partition coefficient (Wildman–Crippen LogP) is 2.06. The van der Waals surface area contributed by atoms with Gasteiger partial charge in [0, 0.05) is 36.9 Å². The van der Waals surface area contributed by atoms with Crippen molar-refractivity contribution in [1.82, 2.24) is 15.5 Å². The van der Waals surface area contributed by atoms with Crippen LogP contribution in [-0.4, -0.2) is 112 Å². The average molecular weight is 575 g/mol. The Morgan fingerprint density at radius 3 is 2.26 bits per heavy atom. The van der Waals surface area contributed by atoms with Gasteiger partial charge in [-0.15, -0.1) is 0 Å². The van der Waals surface area contributed by atoms with E-state index in [2.05, 4.69) is 22.5 Å². The number of nitrogens with zero attached hydrogens (tertiary/aromatic N) is 1. The first-order valence-corrected chi connectivity index (χ1v) is 15.6. The highest BCUT2D eigenvalue weighted by Crippen LogP contribution is 2.37. The zero-order valence-corrected chi connectivity index (χ0v) is 24.5. The van der Waals surface area contributed by atoms with Gasteiger partial charge in [-0.05, 0) is 19.3 Å². The molecule has 39 heavy (non-hydrogen) atoms. The third kappa shape index (κ3) is 14.6. The number of thioether (sulfide) groups is 1.